The third-order valence-corrected chi connectivity index (χ3v) is 3.60. The molecule has 3 rings (SSSR count). The second kappa shape index (κ2) is 3.18. The molecule has 2 saturated heterocycles. The molecule has 16 heavy (non-hydrogen) atoms. The lowest BCUT2D eigenvalue weighted by atomic mass is 9.79. The van der Waals surface area contributed by atoms with E-state index >= 15 is 0 Å². The Hall–Kier alpha value is -1.14. The number of esters is 1. The van der Waals surface area contributed by atoms with Crippen molar-refractivity contribution in [3.63, 3.8) is 0 Å². The van der Waals surface area contributed by atoms with Gasteiger partial charge in [0, 0.05) is 12.8 Å². The summed E-state index contributed by atoms with van der Waals surface area (Å²) in [4.78, 5) is 22.6. The van der Waals surface area contributed by atoms with Gasteiger partial charge in [-0.3, -0.25) is 0 Å². The molecule has 88 valence electrons. The Morgan fingerprint density at radius 3 is 2.12 bits per heavy atom. The van der Waals surface area contributed by atoms with Gasteiger partial charge < -0.3 is 19.5 Å². The van der Waals surface area contributed by atoms with E-state index in [-0.39, 0.29) is 0 Å². The van der Waals surface area contributed by atoms with Gasteiger partial charge in [-0.25, -0.2) is 9.59 Å². The van der Waals surface area contributed by atoms with E-state index in [9.17, 15) is 9.59 Å². The fourth-order valence-electron chi connectivity index (χ4n) is 2.63. The molecule has 0 aromatic heterocycles. The zero-order valence-electron chi connectivity index (χ0n) is 8.78. The van der Waals surface area contributed by atoms with Gasteiger partial charge in [0.2, 0.25) is 0 Å². The highest BCUT2D eigenvalue weighted by Crippen LogP contribution is 2.41. The van der Waals surface area contributed by atoms with Gasteiger partial charge in [0.25, 0.3) is 0 Å². The minimum Gasteiger partial charge on any atom is -0.374 e. The highest BCUT2D eigenvalue weighted by atomic mass is 16.7. The molecule has 0 atom stereocenters. The maximum atomic E-state index is 11.6. The van der Waals surface area contributed by atoms with Gasteiger partial charge in [0.05, 0.1) is 13.2 Å². The van der Waals surface area contributed by atoms with E-state index in [1.165, 1.54) is 0 Å². The summed E-state index contributed by atoms with van der Waals surface area (Å²) in [7, 11) is 0. The molecule has 0 aromatic rings. The third kappa shape index (κ3) is 1.33. The summed E-state index contributed by atoms with van der Waals surface area (Å²) in [6.07, 6.45) is 1.61. The smallest absolute Gasteiger partial charge is 0.374 e. The molecule has 3 aliphatic rings. The Morgan fingerprint density at radius 2 is 1.62 bits per heavy atom. The van der Waals surface area contributed by atoms with Crippen LogP contribution in [0, 0.1) is 0 Å². The van der Waals surface area contributed by atoms with Crippen molar-refractivity contribution >= 4 is 12.1 Å². The van der Waals surface area contributed by atoms with Crippen LogP contribution >= 0.6 is 0 Å². The second-order valence-corrected chi connectivity index (χ2v) is 4.49. The zero-order chi connectivity index (χ0) is 11.2. The maximum Gasteiger partial charge on any atom is 0.415 e. The topological polar surface area (TPSA) is 73.9 Å². The molecule has 2 aliphatic heterocycles. The van der Waals surface area contributed by atoms with Crippen LogP contribution in [0.5, 0.6) is 0 Å². The lowest BCUT2D eigenvalue weighted by Crippen LogP contribution is -2.53. The highest BCUT2D eigenvalue weighted by molar-refractivity contribution is 5.98. The maximum absolute atomic E-state index is 11.6. The number of rotatable bonds is 0. The predicted molar refractivity (Wildman–Crippen MR) is 50.5 cm³/mol. The Morgan fingerprint density at radius 1 is 1.00 bits per heavy atom. The Balaban J connectivity index is 1.74. The van der Waals surface area contributed by atoms with Crippen LogP contribution < -0.4 is 5.32 Å². The molecule has 1 N–H and O–H groups in total. The average molecular weight is 227 g/mol. The van der Waals surface area contributed by atoms with E-state index in [2.05, 4.69) is 10.1 Å². The minimum absolute atomic E-state index is 0.467. The van der Waals surface area contributed by atoms with Crippen LogP contribution in [-0.4, -0.2) is 36.6 Å². The molecular formula is C10H13NO5. The van der Waals surface area contributed by atoms with E-state index in [0.717, 1.165) is 0 Å². The highest BCUT2D eigenvalue weighted by Gasteiger charge is 2.55. The van der Waals surface area contributed by atoms with Gasteiger partial charge in [-0.2, -0.15) is 0 Å². The number of hydrogen-bond donors (Lipinski definition) is 1. The molecule has 2 heterocycles. The van der Waals surface area contributed by atoms with Crippen molar-refractivity contribution in [2.75, 3.05) is 13.2 Å². The number of nitrogens with one attached hydrogen (secondary N) is 1. The first-order chi connectivity index (χ1) is 7.64. The van der Waals surface area contributed by atoms with Crippen molar-refractivity contribution < 1.29 is 23.8 Å². The molecule has 1 amide bonds. The van der Waals surface area contributed by atoms with Gasteiger partial charge in [-0.15, -0.1) is 0 Å². The van der Waals surface area contributed by atoms with Crippen molar-refractivity contribution in [3.05, 3.63) is 0 Å². The number of ether oxygens (including phenoxy) is 3. The molecular weight excluding hydrogens is 214 g/mol. The summed E-state index contributed by atoms with van der Waals surface area (Å²) in [6, 6.07) is 0. The lowest BCUT2D eigenvalue weighted by molar-refractivity contribution is -0.187. The zero-order valence-corrected chi connectivity index (χ0v) is 8.78. The predicted octanol–water partition coefficient (Wildman–Crippen LogP) is 0.309. The van der Waals surface area contributed by atoms with Gasteiger partial charge in [-0.1, -0.05) is 0 Å². The normalized spacial score (nSPS) is 30.8. The first-order valence-electron chi connectivity index (χ1n) is 5.47. The summed E-state index contributed by atoms with van der Waals surface area (Å²) in [5.41, 5.74) is -0.836. The molecule has 6 heteroatoms. The number of hydrogen-bond acceptors (Lipinski definition) is 5. The largest absolute Gasteiger partial charge is 0.415 e. The second-order valence-electron chi connectivity index (χ2n) is 4.49. The van der Waals surface area contributed by atoms with Gasteiger partial charge >= 0.3 is 12.1 Å². The van der Waals surface area contributed by atoms with Crippen molar-refractivity contribution in [3.8, 4) is 0 Å². The Kier molecular flexibility index (Phi) is 1.99. The SMILES string of the molecule is O=C1NC2(CCC3(CC2)OCCO3)C(=O)O1. The summed E-state index contributed by atoms with van der Waals surface area (Å²) in [5, 5.41) is 2.60. The molecule has 0 radical (unpaired) electrons. The van der Waals surface area contributed by atoms with E-state index in [1.807, 2.05) is 0 Å². The number of carbonyl (C=O) groups excluding carboxylic acids is 2. The number of cyclic esters (lactones) is 2. The van der Waals surface area contributed by atoms with E-state index in [0.29, 0.717) is 38.9 Å². The van der Waals surface area contributed by atoms with Crippen molar-refractivity contribution in [1.29, 1.82) is 0 Å². The molecule has 0 bridgehead atoms. The van der Waals surface area contributed by atoms with E-state index in [4.69, 9.17) is 9.47 Å². The molecule has 3 fully saturated rings. The van der Waals surface area contributed by atoms with Crippen LogP contribution in [0.15, 0.2) is 0 Å². The quantitative estimate of drug-likeness (QED) is 0.476. The van der Waals surface area contributed by atoms with E-state index < -0.39 is 23.4 Å². The molecule has 2 spiro atoms. The van der Waals surface area contributed by atoms with Crippen molar-refractivity contribution in [2.45, 2.75) is 37.0 Å². The van der Waals surface area contributed by atoms with Crippen molar-refractivity contribution in [1.82, 2.24) is 5.32 Å². The number of carbonyl (C=O) groups is 2. The van der Waals surface area contributed by atoms with Crippen LogP contribution in [-0.2, 0) is 19.0 Å². The van der Waals surface area contributed by atoms with Crippen LogP contribution in [0.4, 0.5) is 4.79 Å². The molecule has 1 aliphatic carbocycles. The Labute approximate surface area is 92.2 Å². The standard InChI is InChI=1S/C10H13NO5/c12-7-9(11-8(13)16-7)1-3-10(4-2-9)14-5-6-15-10/h1-6H2,(H,11,13). The summed E-state index contributed by atoms with van der Waals surface area (Å²) >= 11 is 0. The first-order valence-corrected chi connectivity index (χ1v) is 5.47. The van der Waals surface area contributed by atoms with Gasteiger partial charge in [0.15, 0.2) is 5.79 Å². The fraction of sp³-hybridized carbons (Fsp3) is 0.800. The lowest BCUT2D eigenvalue weighted by Gasteiger charge is -2.38. The average Bonchev–Trinajstić information content (AvgIpc) is 2.80. The van der Waals surface area contributed by atoms with Crippen LogP contribution in [0.1, 0.15) is 25.7 Å². The molecule has 0 unspecified atom stereocenters. The molecule has 6 nitrogen and oxygen atoms in total. The third-order valence-electron chi connectivity index (χ3n) is 3.60. The summed E-state index contributed by atoms with van der Waals surface area (Å²) in [6.45, 7) is 1.20. The molecule has 0 aromatic carbocycles. The first kappa shape index (κ1) is 10.0. The van der Waals surface area contributed by atoms with Crippen LogP contribution in [0.2, 0.25) is 0 Å². The molecule has 1 saturated carbocycles. The summed E-state index contributed by atoms with van der Waals surface area (Å²) in [5.74, 6) is -0.996. The van der Waals surface area contributed by atoms with Gasteiger partial charge in [0.1, 0.15) is 5.54 Å². The minimum atomic E-state index is -0.836. The number of amides is 1. The van der Waals surface area contributed by atoms with E-state index in [1.54, 1.807) is 0 Å². The number of alkyl carbamates (subject to hydrolysis) is 1. The fourth-order valence-corrected chi connectivity index (χ4v) is 2.63. The monoisotopic (exact) mass is 227 g/mol. The van der Waals surface area contributed by atoms with Crippen LogP contribution in [0.25, 0.3) is 0 Å². The van der Waals surface area contributed by atoms with Crippen LogP contribution in [0.3, 0.4) is 0 Å². The van der Waals surface area contributed by atoms with Crippen molar-refractivity contribution in [2.24, 2.45) is 0 Å². The van der Waals surface area contributed by atoms with Gasteiger partial charge in [-0.05, 0) is 12.8 Å². The Bertz CT molecular complexity index is 337. The summed E-state index contributed by atoms with van der Waals surface area (Å²) < 4.78 is 15.7.